The third-order valence-electron chi connectivity index (χ3n) is 2.14. The highest BCUT2D eigenvalue weighted by Crippen LogP contribution is 2.20. The molecule has 0 atom stereocenters. The van der Waals surface area contributed by atoms with Gasteiger partial charge in [0.15, 0.2) is 0 Å². The summed E-state index contributed by atoms with van der Waals surface area (Å²) in [5.41, 5.74) is 6.15. The summed E-state index contributed by atoms with van der Waals surface area (Å²) < 4.78 is 32.9. The van der Waals surface area contributed by atoms with Gasteiger partial charge in [-0.1, -0.05) is 23.4 Å². The van der Waals surface area contributed by atoms with Crippen LogP contribution in [0.5, 0.6) is 0 Å². The Morgan fingerprint density at radius 1 is 1.45 bits per heavy atom. The first kappa shape index (κ1) is 16.8. The summed E-state index contributed by atoms with van der Waals surface area (Å²) in [4.78, 5) is 0. The molecule has 0 aromatic heterocycles. The second-order valence-corrected chi connectivity index (χ2v) is 5.60. The average molecular weight is 318 g/mol. The number of methoxy groups -OCH3 is 1. The van der Waals surface area contributed by atoms with Crippen LogP contribution >= 0.6 is 11.6 Å². The maximum Gasteiger partial charge on any atom is 0.299 e. The van der Waals surface area contributed by atoms with Gasteiger partial charge in [0.05, 0.1) is 23.9 Å². The largest absolute Gasteiger partial charge is 0.383 e. The Bertz CT molecular complexity index is 608. The molecule has 4 N–H and O–H groups in total. The fourth-order valence-corrected chi connectivity index (χ4v) is 2.33. The molecule has 0 amide bonds. The van der Waals surface area contributed by atoms with Crippen molar-refractivity contribution in [3.8, 4) is 11.8 Å². The number of anilines is 1. The van der Waals surface area contributed by atoms with Crippen LogP contribution in [-0.2, 0) is 14.9 Å². The van der Waals surface area contributed by atoms with E-state index in [2.05, 4.69) is 21.3 Å². The van der Waals surface area contributed by atoms with Crippen molar-refractivity contribution in [2.24, 2.45) is 5.73 Å². The van der Waals surface area contributed by atoms with Gasteiger partial charge in [0.1, 0.15) is 0 Å². The van der Waals surface area contributed by atoms with Crippen LogP contribution in [0.15, 0.2) is 18.2 Å². The summed E-state index contributed by atoms with van der Waals surface area (Å²) in [7, 11) is -2.16. The summed E-state index contributed by atoms with van der Waals surface area (Å²) >= 11 is 5.95. The number of rotatable bonds is 6. The Hall–Kier alpha value is -1.30. The molecule has 0 unspecified atom stereocenters. The van der Waals surface area contributed by atoms with Crippen LogP contribution < -0.4 is 15.2 Å². The zero-order chi connectivity index (χ0) is 15.0. The molecule has 0 aliphatic heterocycles. The van der Waals surface area contributed by atoms with Gasteiger partial charge in [-0.3, -0.25) is 4.72 Å². The molecule has 8 heteroatoms. The van der Waals surface area contributed by atoms with Crippen molar-refractivity contribution in [1.82, 2.24) is 4.72 Å². The van der Waals surface area contributed by atoms with Crippen molar-refractivity contribution in [1.29, 1.82) is 0 Å². The van der Waals surface area contributed by atoms with Gasteiger partial charge >= 0.3 is 0 Å². The first-order valence-electron chi connectivity index (χ1n) is 5.73. The van der Waals surface area contributed by atoms with E-state index in [0.29, 0.717) is 16.3 Å². The van der Waals surface area contributed by atoms with Crippen molar-refractivity contribution in [2.75, 3.05) is 31.5 Å². The van der Waals surface area contributed by atoms with Gasteiger partial charge in [0, 0.05) is 19.2 Å². The molecule has 6 nitrogen and oxygen atoms in total. The molecule has 0 saturated carbocycles. The first-order valence-corrected chi connectivity index (χ1v) is 7.59. The number of ether oxygens (including phenoxy) is 1. The van der Waals surface area contributed by atoms with E-state index in [4.69, 9.17) is 22.1 Å². The van der Waals surface area contributed by atoms with Gasteiger partial charge in [-0.15, -0.1) is 0 Å². The second-order valence-electron chi connectivity index (χ2n) is 3.69. The van der Waals surface area contributed by atoms with Crippen LogP contribution in [-0.4, -0.2) is 35.2 Å². The number of hydrogen-bond donors (Lipinski definition) is 3. The molecule has 1 aromatic carbocycles. The fraction of sp³-hybridized carbons (Fsp3) is 0.333. The van der Waals surface area contributed by atoms with E-state index in [9.17, 15) is 8.42 Å². The van der Waals surface area contributed by atoms with E-state index in [0.717, 1.165) is 0 Å². The molecule has 0 aliphatic rings. The molecule has 20 heavy (non-hydrogen) atoms. The fourth-order valence-electron chi connectivity index (χ4n) is 1.30. The predicted octanol–water partition coefficient (Wildman–Crippen LogP) is 0.543. The Morgan fingerprint density at radius 2 is 2.20 bits per heavy atom. The summed E-state index contributed by atoms with van der Waals surface area (Å²) in [5.74, 6) is 5.43. The maximum absolute atomic E-state index is 11.7. The van der Waals surface area contributed by atoms with E-state index in [1.165, 1.54) is 7.11 Å². The first-order chi connectivity index (χ1) is 9.48. The second kappa shape index (κ2) is 8.09. The Labute approximate surface area is 123 Å². The highest BCUT2D eigenvalue weighted by molar-refractivity contribution is 7.90. The van der Waals surface area contributed by atoms with E-state index in [1.54, 1.807) is 18.2 Å². The third-order valence-corrected chi connectivity index (χ3v) is 3.56. The SMILES string of the molecule is COCCNS(=O)(=O)Nc1ccc(Cl)c(C#CCN)c1. The van der Waals surface area contributed by atoms with E-state index in [1.807, 2.05) is 0 Å². The minimum Gasteiger partial charge on any atom is -0.383 e. The lowest BCUT2D eigenvalue weighted by atomic mass is 10.2. The molecule has 1 rings (SSSR count). The molecule has 0 heterocycles. The lowest BCUT2D eigenvalue weighted by molar-refractivity contribution is 0.204. The number of nitrogens with one attached hydrogen (secondary N) is 2. The Kier molecular flexibility index (Phi) is 6.78. The predicted molar refractivity (Wildman–Crippen MR) is 79.8 cm³/mol. The lowest BCUT2D eigenvalue weighted by Gasteiger charge is -2.09. The van der Waals surface area contributed by atoms with Crippen molar-refractivity contribution in [3.63, 3.8) is 0 Å². The minimum atomic E-state index is -3.65. The molecule has 1 aromatic rings. The topological polar surface area (TPSA) is 93.4 Å². The van der Waals surface area contributed by atoms with Gasteiger partial charge in [0.25, 0.3) is 10.2 Å². The van der Waals surface area contributed by atoms with Crippen LogP contribution in [0.25, 0.3) is 0 Å². The Morgan fingerprint density at radius 3 is 2.85 bits per heavy atom. The van der Waals surface area contributed by atoms with Crippen molar-refractivity contribution in [3.05, 3.63) is 28.8 Å². The van der Waals surface area contributed by atoms with Crippen molar-refractivity contribution in [2.45, 2.75) is 0 Å². The molecular formula is C12H16ClN3O3S. The van der Waals surface area contributed by atoms with Crippen LogP contribution in [0.1, 0.15) is 5.56 Å². The summed E-state index contributed by atoms with van der Waals surface area (Å²) in [6.45, 7) is 0.666. The zero-order valence-corrected chi connectivity index (χ0v) is 12.5. The number of hydrogen-bond acceptors (Lipinski definition) is 4. The van der Waals surface area contributed by atoms with Crippen molar-refractivity contribution < 1.29 is 13.2 Å². The smallest absolute Gasteiger partial charge is 0.299 e. The van der Waals surface area contributed by atoms with E-state index < -0.39 is 10.2 Å². The molecule has 0 bridgehead atoms. The van der Waals surface area contributed by atoms with Crippen molar-refractivity contribution >= 4 is 27.5 Å². The summed E-state index contributed by atoms with van der Waals surface area (Å²) in [5, 5.41) is 0.432. The minimum absolute atomic E-state index is 0.180. The molecule has 0 fully saturated rings. The molecule has 110 valence electrons. The average Bonchev–Trinajstić information content (AvgIpc) is 2.39. The van der Waals surface area contributed by atoms with E-state index in [-0.39, 0.29) is 19.7 Å². The lowest BCUT2D eigenvalue weighted by Crippen LogP contribution is -2.32. The highest BCUT2D eigenvalue weighted by atomic mass is 35.5. The number of nitrogens with two attached hydrogens (primary N) is 1. The van der Waals surface area contributed by atoms with E-state index >= 15 is 0 Å². The van der Waals surface area contributed by atoms with Crippen LogP contribution in [0.3, 0.4) is 0 Å². The molecule has 0 saturated heterocycles. The van der Waals surface area contributed by atoms with Gasteiger partial charge in [-0.05, 0) is 18.2 Å². The normalized spacial score (nSPS) is 10.8. The van der Waals surface area contributed by atoms with Gasteiger partial charge < -0.3 is 10.5 Å². The summed E-state index contributed by atoms with van der Waals surface area (Å²) in [6.07, 6.45) is 0. The van der Waals surface area contributed by atoms with Crippen LogP contribution in [0.4, 0.5) is 5.69 Å². The molecule has 0 aliphatic carbocycles. The molecule has 0 spiro atoms. The van der Waals surface area contributed by atoms with Gasteiger partial charge in [0.2, 0.25) is 0 Å². The van der Waals surface area contributed by atoms with Gasteiger partial charge in [-0.25, -0.2) is 0 Å². The molecular weight excluding hydrogens is 302 g/mol. The maximum atomic E-state index is 11.7. The zero-order valence-electron chi connectivity index (χ0n) is 10.9. The van der Waals surface area contributed by atoms with Gasteiger partial charge in [-0.2, -0.15) is 13.1 Å². The van der Waals surface area contributed by atoms with Crippen LogP contribution in [0, 0.1) is 11.8 Å². The quantitative estimate of drug-likeness (QED) is 0.527. The molecule has 0 radical (unpaired) electrons. The standard InChI is InChI=1S/C12H16ClN3O3S/c1-19-8-7-15-20(17,18)16-11-4-5-12(13)10(9-11)3-2-6-14/h4-5,9,15-16H,6-8,14H2,1H3. The number of benzene rings is 1. The monoisotopic (exact) mass is 317 g/mol. The third kappa shape index (κ3) is 5.77. The van der Waals surface area contributed by atoms with Crippen LogP contribution in [0.2, 0.25) is 5.02 Å². The Balaban J connectivity index is 2.82. The summed E-state index contributed by atoms with van der Waals surface area (Å²) in [6, 6.07) is 4.65. The number of halogens is 1. The highest BCUT2D eigenvalue weighted by Gasteiger charge is 2.09.